The first-order chi connectivity index (χ1) is 8.00. The number of Topliss-reactive ketones (excluding diaryl/α,β-unsaturated/α-hetero) is 1. The second kappa shape index (κ2) is 6.18. The summed E-state index contributed by atoms with van der Waals surface area (Å²) in [5, 5.41) is 2.68. The van der Waals surface area contributed by atoms with Crippen LogP contribution >= 0.6 is 0 Å². The number of carbonyl (C=O) groups excluding carboxylic acids is 2. The van der Waals surface area contributed by atoms with Gasteiger partial charge in [-0.2, -0.15) is 0 Å². The fourth-order valence-electron chi connectivity index (χ4n) is 1.81. The van der Waals surface area contributed by atoms with Crippen LogP contribution in [0.3, 0.4) is 0 Å². The number of ketones is 1. The monoisotopic (exact) mass is 233 g/mol. The molecule has 17 heavy (non-hydrogen) atoms. The molecule has 0 heterocycles. The van der Waals surface area contributed by atoms with Gasteiger partial charge in [-0.05, 0) is 37.8 Å². The third kappa shape index (κ3) is 4.39. The molecule has 0 saturated carbocycles. The minimum Gasteiger partial charge on any atom is -0.347 e. The van der Waals surface area contributed by atoms with E-state index >= 15 is 0 Å². The average molecular weight is 233 g/mol. The maximum absolute atomic E-state index is 11.4. The van der Waals surface area contributed by atoms with Crippen molar-refractivity contribution in [3.63, 3.8) is 0 Å². The lowest BCUT2D eigenvalue weighted by molar-refractivity contribution is -0.125. The molecule has 1 N–H and O–H groups in total. The summed E-state index contributed by atoms with van der Waals surface area (Å²) in [6, 6.07) is 7.72. The third-order valence-electron chi connectivity index (χ3n) is 2.83. The van der Waals surface area contributed by atoms with Crippen LogP contribution in [0.25, 0.3) is 0 Å². The first-order valence-corrected chi connectivity index (χ1v) is 5.82. The number of benzene rings is 1. The Morgan fingerprint density at radius 1 is 1.24 bits per heavy atom. The van der Waals surface area contributed by atoms with E-state index in [0.29, 0.717) is 6.42 Å². The highest BCUT2D eigenvalue weighted by atomic mass is 16.2. The van der Waals surface area contributed by atoms with Gasteiger partial charge < -0.3 is 5.32 Å². The molecule has 1 aromatic rings. The summed E-state index contributed by atoms with van der Waals surface area (Å²) in [5.74, 6) is -0.149. The number of hydrogen-bond acceptors (Lipinski definition) is 2. The highest BCUT2D eigenvalue weighted by molar-refractivity contribution is 5.86. The Labute approximate surface area is 102 Å². The van der Waals surface area contributed by atoms with E-state index in [2.05, 4.69) is 24.4 Å². The number of aryl methyl sites for hydroxylation is 2. The molecule has 0 unspecified atom stereocenters. The van der Waals surface area contributed by atoms with E-state index in [1.54, 1.807) is 0 Å². The van der Waals surface area contributed by atoms with Crippen molar-refractivity contribution >= 4 is 11.7 Å². The predicted molar refractivity (Wildman–Crippen MR) is 67.8 cm³/mol. The molecule has 0 aliphatic heterocycles. The summed E-state index contributed by atoms with van der Waals surface area (Å²) >= 11 is 0. The maximum Gasteiger partial charge on any atom is 0.217 e. The Kier molecular flexibility index (Phi) is 4.88. The number of rotatable bonds is 5. The minimum atomic E-state index is -0.368. The zero-order valence-corrected chi connectivity index (χ0v) is 10.6. The van der Waals surface area contributed by atoms with Crippen LogP contribution in [0.15, 0.2) is 24.3 Å². The summed E-state index contributed by atoms with van der Waals surface area (Å²) in [7, 11) is 0. The van der Waals surface area contributed by atoms with Gasteiger partial charge in [-0.3, -0.25) is 9.59 Å². The zero-order valence-electron chi connectivity index (χ0n) is 10.6. The molecule has 1 amide bonds. The van der Waals surface area contributed by atoms with Crippen LogP contribution in [-0.2, 0) is 16.0 Å². The van der Waals surface area contributed by atoms with Gasteiger partial charge in [0.2, 0.25) is 5.91 Å². The summed E-state index contributed by atoms with van der Waals surface area (Å²) in [4.78, 5) is 22.3. The molecule has 0 aliphatic rings. The van der Waals surface area contributed by atoms with Gasteiger partial charge >= 0.3 is 0 Å². The second-order valence-electron chi connectivity index (χ2n) is 4.33. The highest BCUT2D eigenvalue weighted by Gasteiger charge is 2.15. The zero-order chi connectivity index (χ0) is 12.8. The van der Waals surface area contributed by atoms with Crippen molar-refractivity contribution in [3.05, 3.63) is 35.4 Å². The van der Waals surface area contributed by atoms with Crippen LogP contribution in [0.5, 0.6) is 0 Å². The maximum atomic E-state index is 11.4. The van der Waals surface area contributed by atoms with Crippen molar-refractivity contribution in [2.75, 3.05) is 0 Å². The van der Waals surface area contributed by atoms with Gasteiger partial charge in [0, 0.05) is 6.92 Å². The molecular formula is C14H19NO2. The van der Waals surface area contributed by atoms with Crippen LogP contribution in [0.2, 0.25) is 0 Å². The Morgan fingerprint density at radius 2 is 1.88 bits per heavy atom. The molecule has 0 fully saturated rings. The van der Waals surface area contributed by atoms with E-state index in [9.17, 15) is 9.59 Å². The lowest BCUT2D eigenvalue weighted by Crippen LogP contribution is -2.38. The molecule has 0 saturated heterocycles. The Bertz CT molecular complexity index is 412. The van der Waals surface area contributed by atoms with Gasteiger partial charge in [-0.25, -0.2) is 0 Å². The van der Waals surface area contributed by atoms with Crippen LogP contribution in [-0.4, -0.2) is 17.7 Å². The Balaban J connectivity index is 2.61. The van der Waals surface area contributed by atoms with Crippen molar-refractivity contribution in [1.29, 1.82) is 0 Å². The molecule has 0 aromatic heterocycles. The summed E-state index contributed by atoms with van der Waals surface area (Å²) in [5.41, 5.74) is 2.45. The van der Waals surface area contributed by atoms with Crippen LogP contribution < -0.4 is 5.32 Å². The molecule has 0 aliphatic carbocycles. The lowest BCUT2D eigenvalue weighted by Gasteiger charge is -2.15. The van der Waals surface area contributed by atoms with Gasteiger partial charge in [0.25, 0.3) is 0 Å². The molecular weight excluding hydrogens is 214 g/mol. The van der Waals surface area contributed by atoms with Gasteiger partial charge in [0.05, 0.1) is 6.04 Å². The SMILES string of the molecule is CC(=O)N[C@@H](CCc1ccccc1C)C(C)=O. The minimum absolute atomic E-state index is 0.00813. The average Bonchev–Trinajstić information content (AvgIpc) is 2.25. The quantitative estimate of drug-likeness (QED) is 0.845. The van der Waals surface area contributed by atoms with Crippen molar-refractivity contribution in [1.82, 2.24) is 5.32 Å². The first-order valence-electron chi connectivity index (χ1n) is 5.82. The van der Waals surface area contributed by atoms with Crippen LogP contribution in [0.1, 0.15) is 31.4 Å². The fourth-order valence-corrected chi connectivity index (χ4v) is 1.81. The molecule has 0 radical (unpaired) electrons. The highest BCUT2D eigenvalue weighted by Crippen LogP contribution is 2.11. The van der Waals surface area contributed by atoms with Gasteiger partial charge in [-0.15, -0.1) is 0 Å². The number of amides is 1. The Hall–Kier alpha value is -1.64. The van der Waals surface area contributed by atoms with Crippen molar-refractivity contribution in [2.45, 2.75) is 39.7 Å². The molecule has 92 valence electrons. The molecule has 0 bridgehead atoms. The first kappa shape index (κ1) is 13.4. The largest absolute Gasteiger partial charge is 0.347 e. The second-order valence-corrected chi connectivity index (χ2v) is 4.33. The van der Waals surface area contributed by atoms with Crippen molar-refractivity contribution in [2.24, 2.45) is 0 Å². The summed E-state index contributed by atoms with van der Waals surface area (Å²) in [6.45, 7) is 5.00. The van der Waals surface area contributed by atoms with Gasteiger partial charge in [-0.1, -0.05) is 24.3 Å². The molecule has 1 atom stereocenters. The van der Waals surface area contributed by atoms with E-state index in [0.717, 1.165) is 6.42 Å². The smallest absolute Gasteiger partial charge is 0.217 e. The van der Waals surface area contributed by atoms with Crippen molar-refractivity contribution in [3.8, 4) is 0 Å². The lowest BCUT2D eigenvalue weighted by atomic mass is 9.99. The van der Waals surface area contributed by atoms with E-state index in [-0.39, 0.29) is 17.7 Å². The summed E-state index contributed by atoms with van der Waals surface area (Å²) < 4.78 is 0. The Morgan fingerprint density at radius 3 is 2.41 bits per heavy atom. The molecule has 3 nitrogen and oxygen atoms in total. The van der Waals surface area contributed by atoms with Crippen LogP contribution in [0, 0.1) is 6.92 Å². The van der Waals surface area contributed by atoms with E-state index < -0.39 is 0 Å². The van der Waals surface area contributed by atoms with E-state index in [4.69, 9.17) is 0 Å². The summed E-state index contributed by atoms with van der Waals surface area (Å²) in [6.07, 6.45) is 1.46. The number of carbonyl (C=O) groups is 2. The van der Waals surface area contributed by atoms with E-state index in [1.807, 2.05) is 12.1 Å². The predicted octanol–water partition coefficient (Wildman–Crippen LogP) is 2.02. The van der Waals surface area contributed by atoms with Gasteiger partial charge in [0.1, 0.15) is 0 Å². The third-order valence-corrected chi connectivity index (χ3v) is 2.83. The van der Waals surface area contributed by atoms with Crippen LogP contribution in [0.4, 0.5) is 0 Å². The van der Waals surface area contributed by atoms with E-state index in [1.165, 1.54) is 25.0 Å². The molecule has 3 heteroatoms. The molecule has 0 spiro atoms. The topological polar surface area (TPSA) is 46.2 Å². The molecule has 1 rings (SSSR count). The van der Waals surface area contributed by atoms with Gasteiger partial charge in [0.15, 0.2) is 5.78 Å². The van der Waals surface area contributed by atoms with Crippen molar-refractivity contribution < 1.29 is 9.59 Å². The molecule has 1 aromatic carbocycles. The number of hydrogen-bond donors (Lipinski definition) is 1. The number of nitrogens with one attached hydrogen (secondary N) is 1. The standard InChI is InChI=1S/C14H19NO2/c1-10-6-4-5-7-13(10)8-9-14(11(2)16)15-12(3)17/h4-7,14H,8-9H2,1-3H3,(H,15,17)/t14-/m0/s1. The fraction of sp³-hybridized carbons (Fsp3) is 0.429. The normalized spacial score (nSPS) is 11.9.